The van der Waals surface area contributed by atoms with E-state index in [0.29, 0.717) is 11.5 Å². The Kier molecular flexibility index (Phi) is 4.20. The van der Waals surface area contributed by atoms with Gasteiger partial charge in [-0.2, -0.15) is 5.10 Å². The lowest BCUT2D eigenvalue weighted by molar-refractivity contribution is 0.0951. The fourth-order valence-electron chi connectivity index (χ4n) is 1.91. The third-order valence-electron chi connectivity index (χ3n) is 2.97. The number of halogens is 1. The van der Waals surface area contributed by atoms with E-state index >= 15 is 0 Å². The number of benzene rings is 1. The number of hydrogen-bond acceptors (Lipinski definition) is 3. The number of hydrazone groups is 1. The molecule has 0 unspecified atom stereocenters. The molecule has 2 aromatic heterocycles. The molecule has 1 aromatic carbocycles. The molecule has 22 heavy (non-hydrogen) atoms. The van der Waals surface area contributed by atoms with Gasteiger partial charge in [0.2, 0.25) is 0 Å². The lowest BCUT2D eigenvalue weighted by Gasteiger charge is -1.99. The summed E-state index contributed by atoms with van der Waals surface area (Å²) in [6.07, 6.45) is 3.14. The topological polar surface area (TPSA) is 70.4 Å². The molecule has 0 saturated heterocycles. The standard InChI is InChI=1S/C16H12BrN3O2/c17-13-5-2-1-4-12(13)15-8-7-11(22-15)10-19-20-16(21)14-6-3-9-18-14/h1-10,18H,(H,20,21)/b19-10-. The number of aromatic amines is 1. The Balaban J connectivity index is 1.68. The van der Waals surface area contributed by atoms with Crippen LogP contribution in [0.3, 0.4) is 0 Å². The van der Waals surface area contributed by atoms with E-state index < -0.39 is 0 Å². The van der Waals surface area contributed by atoms with E-state index in [9.17, 15) is 4.79 Å². The predicted octanol–water partition coefficient (Wildman–Crippen LogP) is 3.80. The molecule has 2 N–H and O–H groups in total. The van der Waals surface area contributed by atoms with Gasteiger partial charge < -0.3 is 9.40 Å². The third kappa shape index (κ3) is 3.17. The molecule has 6 heteroatoms. The smallest absolute Gasteiger partial charge is 0.287 e. The summed E-state index contributed by atoms with van der Waals surface area (Å²) in [5.74, 6) is 0.973. The summed E-state index contributed by atoms with van der Waals surface area (Å²) in [4.78, 5) is 14.5. The molecule has 0 radical (unpaired) electrons. The molecule has 0 fully saturated rings. The van der Waals surface area contributed by atoms with Crippen LogP contribution in [0.4, 0.5) is 0 Å². The van der Waals surface area contributed by atoms with Crippen LogP contribution in [0.25, 0.3) is 11.3 Å². The highest BCUT2D eigenvalue weighted by molar-refractivity contribution is 9.10. The molecule has 0 bridgehead atoms. The largest absolute Gasteiger partial charge is 0.455 e. The number of carbonyl (C=O) groups excluding carboxylic acids is 1. The maximum atomic E-state index is 11.7. The van der Waals surface area contributed by atoms with Crippen molar-refractivity contribution in [3.8, 4) is 11.3 Å². The second-order valence-electron chi connectivity index (χ2n) is 4.46. The van der Waals surface area contributed by atoms with Gasteiger partial charge in [0.15, 0.2) is 0 Å². The molecule has 0 atom stereocenters. The zero-order valence-corrected chi connectivity index (χ0v) is 13.0. The van der Waals surface area contributed by atoms with E-state index in [1.807, 2.05) is 30.3 Å². The second kappa shape index (κ2) is 6.44. The van der Waals surface area contributed by atoms with E-state index in [-0.39, 0.29) is 5.91 Å². The summed E-state index contributed by atoms with van der Waals surface area (Å²) < 4.78 is 6.64. The molecule has 2 heterocycles. The number of H-pyrrole nitrogens is 1. The quantitative estimate of drug-likeness (QED) is 0.550. The molecule has 0 aliphatic rings. The van der Waals surface area contributed by atoms with Crippen molar-refractivity contribution in [2.45, 2.75) is 0 Å². The summed E-state index contributed by atoms with van der Waals surface area (Å²) >= 11 is 3.48. The summed E-state index contributed by atoms with van der Waals surface area (Å²) in [6, 6.07) is 14.8. The van der Waals surface area contributed by atoms with Crippen molar-refractivity contribution in [3.05, 3.63) is 70.7 Å². The number of furan rings is 1. The van der Waals surface area contributed by atoms with Crippen molar-refractivity contribution in [1.82, 2.24) is 10.4 Å². The van der Waals surface area contributed by atoms with Crippen LogP contribution in [0.2, 0.25) is 0 Å². The molecular weight excluding hydrogens is 346 g/mol. The van der Waals surface area contributed by atoms with Crippen LogP contribution in [-0.2, 0) is 0 Å². The van der Waals surface area contributed by atoms with Crippen molar-refractivity contribution in [3.63, 3.8) is 0 Å². The number of hydrogen-bond donors (Lipinski definition) is 2. The number of carbonyl (C=O) groups is 1. The minimum Gasteiger partial charge on any atom is -0.455 e. The maximum Gasteiger partial charge on any atom is 0.287 e. The van der Waals surface area contributed by atoms with E-state index in [1.165, 1.54) is 6.21 Å². The molecule has 110 valence electrons. The Morgan fingerprint density at radius 1 is 1.18 bits per heavy atom. The minimum absolute atomic E-state index is 0.307. The fraction of sp³-hybridized carbons (Fsp3) is 0. The van der Waals surface area contributed by atoms with Gasteiger partial charge in [-0.05, 0) is 30.3 Å². The van der Waals surface area contributed by atoms with E-state index in [2.05, 4.69) is 31.4 Å². The Morgan fingerprint density at radius 3 is 2.82 bits per heavy atom. The normalized spacial score (nSPS) is 11.0. The van der Waals surface area contributed by atoms with E-state index in [1.54, 1.807) is 24.4 Å². The zero-order valence-electron chi connectivity index (χ0n) is 11.4. The fourth-order valence-corrected chi connectivity index (χ4v) is 2.39. The number of nitrogens with zero attached hydrogens (tertiary/aromatic N) is 1. The average molecular weight is 358 g/mol. The summed E-state index contributed by atoms with van der Waals surface area (Å²) in [7, 11) is 0. The van der Waals surface area contributed by atoms with Gasteiger partial charge in [-0.25, -0.2) is 5.43 Å². The van der Waals surface area contributed by atoms with Crippen LogP contribution in [0.1, 0.15) is 16.2 Å². The molecule has 0 aliphatic carbocycles. The average Bonchev–Trinajstić information content (AvgIpc) is 3.19. The highest BCUT2D eigenvalue weighted by Gasteiger charge is 2.07. The molecule has 0 aliphatic heterocycles. The SMILES string of the molecule is O=C(N/N=C\c1ccc(-c2ccccc2Br)o1)c1ccc[nH]1. The van der Waals surface area contributed by atoms with Gasteiger partial charge >= 0.3 is 0 Å². The van der Waals surface area contributed by atoms with Crippen molar-refractivity contribution >= 4 is 28.1 Å². The Hall–Kier alpha value is -2.60. The second-order valence-corrected chi connectivity index (χ2v) is 5.32. The van der Waals surface area contributed by atoms with Gasteiger partial charge in [-0.15, -0.1) is 0 Å². The van der Waals surface area contributed by atoms with E-state index in [0.717, 1.165) is 15.8 Å². The van der Waals surface area contributed by atoms with Crippen molar-refractivity contribution in [1.29, 1.82) is 0 Å². The van der Waals surface area contributed by atoms with Gasteiger partial charge in [0.25, 0.3) is 5.91 Å². The lowest BCUT2D eigenvalue weighted by atomic mass is 10.2. The summed E-state index contributed by atoms with van der Waals surface area (Å²) in [6.45, 7) is 0. The number of nitrogens with one attached hydrogen (secondary N) is 2. The first-order valence-corrected chi connectivity index (χ1v) is 7.35. The zero-order chi connectivity index (χ0) is 15.4. The van der Waals surface area contributed by atoms with Crippen LogP contribution in [0, 0.1) is 0 Å². The number of rotatable bonds is 4. The Bertz CT molecular complexity index is 806. The first-order chi connectivity index (χ1) is 10.7. The maximum absolute atomic E-state index is 11.7. The van der Waals surface area contributed by atoms with Crippen LogP contribution < -0.4 is 5.43 Å². The van der Waals surface area contributed by atoms with Crippen LogP contribution in [-0.4, -0.2) is 17.1 Å². The van der Waals surface area contributed by atoms with Gasteiger partial charge in [0.05, 0.1) is 6.21 Å². The number of amides is 1. The third-order valence-corrected chi connectivity index (χ3v) is 3.66. The first-order valence-electron chi connectivity index (χ1n) is 6.55. The first kappa shape index (κ1) is 14.3. The van der Waals surface area contributed by atoms with Gasteiger partial charge in [-0.3, -0.25) is 4.79 Å². The minimum atomic E-state index is -0.307. The molecule has 3 rings (SSSR count). The van der Waals surface area contributed by atoms with Crippen molar-refractivity contribution in [2.24, 2.45) is 5.10 Å². The molecular formula is C16H12BrN3O2. The Morgan fingerprint density at radius 2 is 2.05 bits per heavy atom. The van der Waals surface area contributed by atoms with Crippen molar-refractivity contribution < 1.29 is 9.21 Å². The van der Waals surface area contributed by atoms with Gasteiger partial charge in [0, 0.05) is 16.2 Å². The highest BCUT2D eigenvalue weighted by Crippen LogP contribution is 2.28. The van der Waals surface area contributed by atoms with Crippen molar-refractivity contribution in [2.75, 3.05) is 0 Å². The number of aromatic nitrogens is 1. The Labute approximate surface area is 135 Å². The van der Waals surface area contributed by atoms with Crippen LogP contribution >= 0.6 is 15.9 Å². The van der Waals surface area contributed by atoms with Gasteiger partial charge in [0.1, 0.15) is 17.2 Å². The molecule has 0 saturated carbocycles. The van der Waals surface area contributed by atoms with E-state index in [4.69, 9.17) is 4.42 Å². The highest BCUT2D eigenvalue weighted by atomic mass is 79.9. The summed E-state index contributed by atoms with van der Waals surface area (Å²) in [5, 5.41) is 3.88. The molecule has 3 aromatic rings. The van der Waals surface area contributed by atoms with Gasteiger partial charge in [-0.1, -0.05) is 34.1 Å². The molecule has 0 spiro atoms. The van der Waals surface area contributed by atoms with Crippen LogP contribution in [0.15, 0.2) is 68.7 Å². The predicted molar refractivity (Wildman–Crippen MR) is 87.7 cm³/mol. The monoisotopic (exact) mass is 357 g/mol. The lowest BCUT2D eigenvalue weighted by Crippen LogP contribution is -2.17. The van der Waals surface area contributed by atoms with Crippen LogP contribution in [0.5, 0.6) is 0 Å². The molecule has 1 amide bonds. The summed E-state index contributed by atoms with van der Waals surface area (Å²) in [5.41, 5.74) is 3.83. The molecule has 5 nitrogen and oxygen atoms in total.